The molecule has 1 saturated heterocycles. The van der Waals surface area contributed by atoms with Gasteiger partial charge in [0.1, 0.15) is 0 Å². The second-order valence-corrected chi connectivity index (χ2v) is 7.74. The number of piperazine rings is 1. The van der Waals surface area contributed by atoms with E-state index in [-0.39, 0.29) is 11.6 Å². The molecule has 1 amide bonds. The Morgan fingerprint density at radius 3 is 2.41 bits per heavy atom. The standard InChI is InChI=1S/C21H25ClN4O3/c1-16-2-7-19(26(28)29)14-20(16)23-21(27)8-9-24-10-12-25(13-11-24)15-17-3-5-18(22)6-4-17/h2-7,14H,8-13,15H2,1H3,(H,23,27). The van der Waals surface area contributed by atoms with Gasteiger partial charge in [-0.15, -0.1) is 0 Å². The Kier molecular flexibility index (Phi) is 7.19. The molecule has 0 bridgehead atoms. The van der Waals surface area contributed by atoms with E-state index in [2.05, 4.69) is 27.2 Å². The fourth-order valence-corrected chi connectivity index (χ4v) is 3.48. The molecule has 154 valence electrons. The summed E-state index contributed by atoms with van der Waals surface area (Å²) in [6.45, 7) is 7.13. The zero-order valence-corrected chi connectivity index (χ0v) is 17.2. The summed E-state index contributed by atoms with van der Waals surface area (Å²) in [7, 11) is 0. The van der Waals surface area contributed by atoms with E-state index in [9.17, 15) is 14.9 Å². The number of amides is 1. The normalized spacial score (nSPS) is 15.2. The van der Waals surface area contributed by atoms with Crippen molar-refractivity contribution in [1.29, 1.82) is 0 Å². The number of benzene rings is 2. The van der Waals surface area contributed by atoms with Crippen molar-refractivity contribution in [1.82, 2.24) is 9.80 Å². The van der Waals surface area contributed by atoms with Gasteiger partial charge in [-0.1, -0.05) is 29.8 Å². The van der Waals surface area contributed by atoms with Gasteiger partial charge in [0.05, 0.1) is 10.6 Å². The van der Waals surface area contributed by atoms with Crippen LogP contribution in [0.15, 0.2) is 42.5 Å². The van der Waals surface area contributed by atoms with E-state index >= 15 is 0 Å². The van der Waals surface area contributed by atoms with Gasteiger partial charge in [-0.25, -0.2) is 0 Å². The third-order valence-electron chi connectivity index (χ3n) is 5.15. The molecule has 1 fully saturated rings. The van der Waals surface area contributed by atoms with Crippen LogP contribution < -0.4 is 5.32 Å². The quantitative estimate of drug-likeness (QED) is 0.550. The summed E-state index contributed by atoms with van der Waals surface area (Å²) in [5, 5.41) is 14.5. The first kappa shape index (κ1) is 21.2. The second kappa shape index (κ2) is 9.82. The van der Waals surface area contributed by atoms with Crippen LogP contribution in [0.2, 0.25) is 5.02 Å². The number of carbonyl (C=O) groups is 1. The van der Waals surface area contributed by atoms with Gasteiger partial charge in [0.25, 0.3) is 5.69 Å². The van der Waals surface area contributed by atoms with Crippen LogP contribution in [0.1, 0.15) is 17.5 Å². The molecular weight excluding hydrogens is 392 g/mol. The molecule has 0 atom stereocenters. The Bertz CT molecular complexity index is 865. The summed E-state index contributed by atoms with van der Waals surface area (Å²) >= 11 is 5.93. The molecule has 0 radical (unpaired) electrons. The molecule has 1 heterocycles. The first-order chi connectivity index (χ1) is 13.9. The Balaban J connectivity index is 1.42. The average Bonchev–Trinajstić information content (AvgIpc) is 2.70. The molecule has 0 spiro atoms. The smallest absolute Gasteiger partial charge is 0.271 e. The number of rotatable bonds is 7. The summed E-state index contributed by atoms with van der Waals surface area (Å²) < 4.78 is 0. The van der Waals surface area contributed by atoms with E-state index in [1.807, 2.05) is 19.1 Å². The van der Waals surface area contributed by atoms with E-state index in [1.165, 1.54) is 17.7 Å². The minimum atomic E-state index is -0.460. The molecular formula is C21H25ClN4O3. The SMILES string of the molecule is Cc1ccc([N+](=O)[O-])cc1NC(=O)CCN1CCN(Cc2ccc(Cl)cc2)CC1. The van der Waals surface area contributed by atoms with Gasteiger partial charge < -0.3 is 10.2 Å². The van der Waals surface area contributed by atoms with Crippen molar-refractivity contribution in [2.45, 2.75) is 19.9 Å². The van der Waals surface area contributed by atoms with Gasteiger partial charge in [-0.3, -0.25) is 19.8 Å². The van der Waals surface area contributed by atoms with Crippen molar-refractivity contribution in [3.63, 3.8) is 0 Å². The summed E-state index contributed by atoms with van der Waals surface area (Å²) in [6.07, 6.45) is 0.360. The number of nitro benzene ring substituents is 1. The van der Waals surface area contributed by atoms with Crippen LogP contribution in [0.5, 0.6) is 0 Å². The molecule has 0 aliphatic carbocycles. The number of aryl methyl sites for hydroxylation is 1. The Morgan fingerprint density at radius 2 is 1.76 bits per heavy atom. The number of hydrogen-bond acceptors (Lipinski definition) is 5. The molecule has 2 aromatic carbocycles. The number of anilines is 1. The van der Waals surface area contributed by atoms with Gasteiger partial charge in [-0.2, -0.15) is 0 Å². The predicted molar refractivity (Wildman–Crippen MR) is 114 cm³/mol. The minimum absolute atomic E-state index is 0.0253. The van der Waals surface area contributed by atoms with Gasteiger partial charge in [-0.05, 0) is 30.2 Å². The lowest BCUT2D eigenvalue weighted by atomic mass is 10.1. The minimum Gasteiger partial charge on any atom is -0.326 e. The molecule has 8 heteroatoms. The van der Waals surface area contributed by atoms with Gasteiger partial charge in [0.2, 0.25) is 5.91 Å². The number of nitrogens with one attached hydrogen (secondary N) is 1. The van der Waals surface area contributed by atoms with Gasteiger partial charge in [0, 0.05) is 62.8 Å². The maximum absolute atomic E-state index is 12.3. The molecule has 7 nitrogen and oxygen atoms in total. The summed E-state index contributed by atoms with van der Waals surface area (Å²) in [5.41, 5.74) is 2.52. The molecule has 0 unspecified atom stereocenters. The largest absolute Gasteiger partial charge is 0.326 e. The zero-order chi connectivity index (χ0) is 20.8. The van der Waals surface area contributed by atoms with E-state index < -0.39 is 4.92 Å². The van der Waals surface area contributed by atoms with Crippen molar-refractivity contribution in [3.8, 4) is 0 Å². The lowest BCUT2D eigenvalue weighted by Gasteiger charge is -2.34. The van der Waals surface area contributed by atoms with Crippen molar-refractivity contribution < 1.29 is 9.72 Å². The summed E-state index contributed by atoms with van der Waals surface area (Å²) in [4.78, 5) is 27.4. The van der Waals surface area contributed by atoms with Gasteiger partial charge >= 0.3 is 0 Å². The van der Waals surface area contributed by atoms with Crippen LogP contribution in [0.3, 0.4) is 0 Å². The number of halogens is 1. The van der Waals surface area contributed by atoms with E-state index in [4.69, 9.17) is 11.6 Å². The van der Waals surface area contributed by atoms with Crippen LogP contribution in [0, 0.1) is 17.0 Å². The Morgan fingerprint density at radius 1 is 1.10 bits per heavy atom. The van der Waals surface area contributed by atoms with Crippen molar-refractivity contribution in [2.24, 2.45) is 0 Å². The average molecular weight is 417 g/mol. The van der Waals surface area contributed by atoms with E-state index in [0.29, 0.717) is 18.7 Å². The first-order valence-electron chi connectivity index (χ1n) is 9.65. The Labute approximate surface area is 175 Å². The van der Waals surface area contributed by atoms with E-state index in [1.54, 1.807) is 6.07 Å². The van der Waals surface area contributed by atoms with Crippen LogP contribution >= 0.6 is 11.6 Å². The molecule has 1 N–H and O–H groups in total. The Hall–Kier alpha value is -2.48. The van der Waals surface area contributed by atoms with Gasteiger partial charge in [0.15, 0.2) is 0 Å². The van der Waals surface area contributed by atoms with Crippen LogP contribution in [-0.2, 0) is 11.3 Å². The van der Waals surface area contributed by atoms with Crippen LogP contribution in [0.25, 0.3) is 0 Å². The van der Waals surface area contributed by atoms with Crippen molar-refractivity contribution in [2.75, 3.05) is 38.0 Å². The molecule has 1 aliphatic heterocycles. The first-order valence-corrected chi connectivity index (χ1v) is 10.0. The molecule has 2 aromatic rings. The van der Waals surface area contributed by atoms with Crippen LogP contribution in [-0.4, -0.2) is 53.4 Å². The highest BCUT2D eigenvalue weighted by Gasteiger charge is 2.18. The summed E-state index contributed by atoms with van der Waals surface area (Å²) in [5.74, 6) is -0.128. The molecule has 0 aromatic heterocycles. The lowest BCUT2D eigenvalue weighted by molar-refractivity contribution is -0.384. The number of nitrogens with zero attached hydrogens (tertiary/aromatic N) is 3. The molecule has 3 rings (SSSR count). The fraction of sp³-hybridized carbons (Fsp3) is 0.381. The van der Waals surface area contributed by atoms with Crippen molar-refractivity contribution in [3.05, 3.63) is 68.7 Å². The monoisotopic (exact) mass is 416 g/mol. The fourth-order valence-electron chi connectivity index (χ4n) is 3.35. The molecule has 1 aliphatic rings. The third-order valence-corrected chi connectivity index (χ3v) is 5.40. The number of carbonyl (C=O) groups excluding carboxylic acids is 1. The maximum Gasteiger partial charge on any atom is 0.271 e. The maximum atomic E-state index is 12.3. The molecule has 0 saturated carbocycles. The highest BCUT2D eigenvalue weighted by atomic mass is 35.5. The number of nitro groups is 1. The highest BCUT2D eigenvalue weighted by molar-refractivity contribution is 6.30. The number of hydrogen-bond donors (Lipinski definition) is 1. The number of non-ortho nitro benzene ring substituents is 1. The summed E-state index contributed by atoms with van der Waals surface area (Å²) in [6, 6.07) is 12.4. The predicted octanol–water partition coefficient (Wildman–Crippen LogP) is 3.70. The lowest BCUT2D eigenvalue weighted by Crippen LogP contribution is -2.46. The molecule has 29 heavy (non-hydrogen) atoms. The van der Waals surface area contributed by atoms with Crippen LogP contribution in [0.4, 0.5) is 11.4 Å². The zero-order valence-electron chi connectivity index (χ0n) is 16.4. The second-order valence-electron chi connectivity index (χ2n) is 7.30. The topological polar surface area (TPSA) is 78.7 Å². The van der Waals surface area contributed by atoms with Crippen molar-refractivity contribution >= 4 is 28.9 Å². The highest BCUT2D eigenvalue weighted by Crippen LogP contribution is 2.22. The van der Waals surface area contributed by atoms with E-state index in [0.717, 1.165) is 43.3 Å². The third kappa shape index (κ3) is 6.25.